The average Bonchev–Trinajstić information content (AvgIpc) is 3.28. The molecule has 3 rings (SSSR count). The molecule has 0 bridgehead atoms. The molecule has 0 amide bonds. The largest absolute Gasteiger partial charge is 0.481 e. The number of hydrogen-bond donors (Lipinski definition) is 1. The van der Waals surface area contributed by atoms with Crippen molar-refractivity contribution in [2.24, 2.45) is 5.92 Å². The van der Waals surface area contributed by atoms with E-state index in [4.69, 9.17) is 5.48 Å². The van der Waals surface area contributed by atoms with Crippen molar-refractivity contribution in [2.45, 2.75) is 33.1 Å². The first kappa shape index (κ1) is 13.7. The van der Waals surface area contributed by atoms with Crippen molar-refractivity contribution in [1.82, 2.24) is 4.90 Å². The van der Waals surface area contributed by atoms with Gasteiger partial charge in [0.15, 0.2) is 0 Å². The molecule has 3 heterocycles. The van der Waals surface area contributed by atoms with Crippen LogP contribution in [0.4, 0.5) is 0 Å². The Morgan fingerprint density at radius 2 is 1.96 bits per heavy atom. The number of aryl methyl sites for hydroxylation is 2. The number of carboxylic acids is 1. The summed E-state index contributed by atoms with van der Waals surface area (Å²) in [6.45, 7) is 2.20. The van der Waals surface area contributed by atoms with Crippen molar-refractivity contribution < 1.29 is 15.4 Å². The molecular formula is C20H25NO2S2. The molecular weight excluding hydrogens is 350 g/mol. The molecule has 0 aromatic carbocycles. The zero-order chi connectivity index (χ0) is 21.3. The lowest BCUT2D eigenvalue weighted by Crippen LogP contribution is -2.39. The van der Waals surface area contributed by atoms with Gasteiger partial charge in [0.2, 0.25) is 0 Å². The molecule has 0 aliphatic carbocycles. The average molecular weight is 380 g/mol. The predicted octanol–water partition coefficient (Wildman–Crippen LogP) is 5.04. The Balaban J connectivity index is 1.84. The molecule has 134 valence electrons. The van der Waals surface area contributed by atoms with E-state index in [1.54, 1.807) is 22.7 Å². The minimum Gasteiger partial charge on any atom is -0.481 e. The molecule has 2 aromatic rings. The van der Waals surface area contributed by atoms with Crippen LogP contribution < -0.4 is 0 Å². The predicted molar refractivity (Wildman–Crippen MR) is 107 cm³/mol. The van der Waals surface area contributed by atoms with Crippen LogP contribution in [-0.4, -0.2) is 35.6 Å². The van der Waals surface area contributed by atoms with Gasteiger partial charge in [-0.1, -0.05) is 6.08 Å². The van der Waals surface area contributed by atoms with E-state index in [1.165, 1.54) is 25.8 Å². The van der Waals surface area contributed by atoms with E-state index in [0.717, 1.165) is 5.57 Å². The van der Waals surface area contributed by atoms with Crippen molar-refractivity contribution in [3.05, 3.63) is 49.9 Å². The van der Waals surface area contributed by atoms with Crippen LogP contribution in [0.15, 0.2) is 29.0 Å². The Labute approximate surface area is 163 Å². The second-order valence-electron chi connectivity index (χ2n) is 6.06. The first-order chi connectivity index (χ1) is 13.7. The van der Waals surface area contributed by atoms with Crippen molar-refractivity contribution in [3.8, 4) is 0 Å². The van der Waals surface area contributed by atoms with Gasteiger partial charge in [0.05, 0.1) is 5.92 Å². The van der Waals surface area contributed by atoms with Crippen molar-refractivity contribution >= 4 is 34.2 Å². The molecule has 1 fully saturated rings. The zero-order valence-electron chi connectivity index (χ0n) is 18.3. The molecule has 0 radical (unpaired) electrons. The van der Waals surface area contributed by atoms with Crippen molar-refractivity contribution in [3.63, 3.8) is 0 Å². The number of aliphatic carboxylic acids is 1. The van der Waals surface area contributed by atoms with Crippen LogP contribution in [0.2, 0.25) is 0 Å². The third kappa shape index (κ3) is 4.40. The molecule has 3 nitrogen and oxygen atoms in total. The lowest BCUT2D eigenvalue weighted by atomic mass is 9.98. The van der Waals surface area contributed by atoms with Crippen LogP contribution in [0.5, 0.6) is 0 Å². The van der Waals surface area contributed by atoms with Crippen molar-refractivity contribution in [2.75, 3.05) is 19.6 Å². The summed E-state index contributed by atoms with van der Waals surface area (Å²) in [5, 5.41) is 13.5. The van der Waals surface area contributed by atoms with Gasteiger partial charge in [0.1, 0.15) is 0 Å². The summed E-state index contributed by atoms with van der Waals surface area (Å²) in [6.07, 6.45) is 0.206. The topological polar surface area (TPSA) is 40.5 Å². The molecule has 1 aliphatic heterocycles. The van der Waals surface area contributed by atoms with Gasteiger partial charge in [-0.15, -0.1) is 22.7 Å². The van der Waals surface area contributed by atoms with Crippen LogP contribution >= 0.6 is 22.7 Å². The highest BCUT2D eigenvalue weighted by Crippen LogP contribution is 2.35. The maximum Gasteiger partial charge on any atom is 0.307 e. The molecule has 4 unspecified atom stereocenters. The third-order valence-electron chi connectivity index (χ3n) is 4.18. The van der Waals surface area contributed by atoms with Gasteiger partial charge in [-0.05, 0) is 73.6 Å². The fourth-order valence-corrected chi connectivity index (χ4v) is 4.84. The van der Waals surface area contributed by atoms with Gasteiger partial charge in [0, 0.05) is 33.9 Å². The van der Waals surface area contributed by atoms with E-state index >= 15 is 0 Å². The standard InChI is InChI=1S/C20H25NO2S2/c1-14-7-11-24-18(14)17(19-15(2)8-12-25-19)6-4-10-21-9-3-5-16(13-21)20(22)23/h6-8,11-12,16H,3-5,9-10,13H2,1-2H3,(H,22,23)/t16-/m1/s1/i3D,5D,9D,13D/t3?,5?,9?,13?,16-. The van der Waals surface area contributed by atoms with Gasteiger partial charge < -0.3 is 10.0 Å². The Hall–Kier alpha value is -1.43. The van der Waals surface area contributed by atoms with Gasteiger partial charge >= 0.3 is 5.97 Å². The second-order valence-corrected chi connectivity index (χ2v) is 7.89. The highest BCUT2D eigenvalue weighted by molar-refractivity contribution is 7.14. The molecule has 1 N–H and O–H groups in total. The van der Waals surface area contributed by atoms with Crippen molar-refractivity contribution in [1.29, 1.82) is 0 Å². The second kappa shape index (κ2) is 8.30. The quantitative estimate of drug-likeness (QED) is 0.764. The SMILES string of the molecule is [2H]C1C([2H])[C@@H](C(=O)O)C([2H])N(CCC=C(c2sccc2C)c2sccc2C)C1[2H]. The first-order valence-corrected chi connectivity index (χ1v) is 9.96. The molecule has 1 saturated heterocycles. The summed E-state index contributed by atoms with van der Waals surface area (Å²) >= 11 is 3.35. The van der Waals surface area contributed by atoms with E-state index in [1.807, 2.05) is 0 Å². The Morgan fingerprint density at radius 3 is 2.48 bits per heavy atom. The summed E-state index contributed by atoms with van der Waals surface area (Å²) < 4.78 is 32.6. The van der Waals surface area contributed by atoms with Crippen LogP contribution in [0.3, 0.4) is 0 Å². The number of piperidine rings is 1. The van der Waals surface area contributed by atoms with Crippen LogP contribution in [0.1, 0.15) is 45.6 Å². The number of carboxylic acid groups (broad SMARTS) is 1. The molecule has 5 atom stereocenters. The summed E-state index contributed by atoms with van der Waals surface area (Å²) in [5.74, 6) is -2.51. The molecule has 0 spiro atoms. The summed E-state index contributed by atoms with van der Waals surface area (Å²) in [6, 6.07) is 4.16. The number of carbonyl (C=O) groups is 1. The fourth-order valence-electron chi connectivity index (χ4n) is 2.82. The van der Waals surface area contributed by atoms with Crippen LogP contribution in [0, 0.1) is 19.8 Å². The minimum atomic E-state index is -1.28. The monoisotopic (exact) mass is 379 g/mol. The number of nitrogens with zero attached hydrogens (tertiary/aromatic N) is 1. The maximum absolute atomic E-state index is 11.5. The molecule has 5 heteroatoms. The zero-order valence-corrected chi connectivity index (χ0v) is 15.9. The van der Waals surface area contributed by atoms with E-state index in [2.05, 4.69) is 42.8 Å². The van der Waals surface area contributed by atoms with Gasteiger partial charge in [-0.3, -0.25) is 4.79 Å². The first-order valence-electron chi connectivity index (χ1n) is 10.5. The highest BCUT2D eigenvalue weighted by Gasteiger charge is 2.24. The number of thiophene rings is 2. The number of rotatable bonds is 6. The summed E-state index contributed by atoms with van der Waals surface area (Å²) in [5.41, 5.74) is 3.51. The Bertz CT molecular complexity index is 854. The number of hydrogen-bond acceptors (Lipinski definition) is 4. The maximum atomic E-state index is 11.5. The normalized spacial score (nSPS) is 32.3. The molecule has 2 aromatic heterocycles. The lowest BCUT2D eigenvalue weighted by Gasteiger charge is -2.30. The van der Waals surface area contributed by atoms with E-state index in [-0.39, 0.29) is 0 Å². The van der Waals surface area contributed by atoms with Gasteiger partial charge in [0.25, 0.3) is 0 Å². The van der Waals surface area contributed by atoms with E-state index < -0.39 is 37.7 Å². The molecule has 0 saturated carbocycles. The van der Waals surface area contributed by atoms with Gasteiger partial charge in [-0.25, -0.2) is 0 Å². The Morgan fingerprint density at radius 1 is 1.32 bits per heavy atom. The molecule has 1 aliphatic rings. The van der Waals surface area contributed by atoms with E-state index in [9.17, 15) is 9.90 Å². The highest BCUT2D eigenvalue weighted by atomic mass is 32.1. The van der Waals surface area contributed by atoms with E-state index in [0.29, 0.717) is 13.0 Å². The Kier molecular flexibility index (Phi) is 4.56. The molecule has 25 heavy (non-hydrogen) atoms. The summed E-state index contributed by atoms with van der Waals surface area (Å²) in [7, 11) is 0. The number of likely N-dealkylation sites (tertiary alicyclic amines) is 1. The summed E-state index contributed by atoms with van der Waals surface area (Å²) in [4.78, 5) is 15.3. The van der Waals surface area contributed by atoms with Gasteiger partial charge in [-0.2, -0.15) is 0 Å². The van der Waals surface area contributed by atoms with Crippen LogP contribution in [0.25, 0.3) is 5.57 Å². The third-order valence-corrected chi connectivity index (χ3v) is 6.28. The minimum absolute atomic E-state index is 0.312. The smallest absolute Gasteiger partial charge is 0.307 e. The fraction of sp³-hybridized carbons (Fsp3) is 0.450. The van der Waals surface area contributed by atoms with Crippen LogP contribution in [-0.2, 0) is 4.79 Å². The lowest BCUT2D eigenvalue weighted by molar-refractivity contribution is -0.143.